The van der Waals surface area contributed by atoms with Crippen LogP contribution in [0.3, 0.4) is 0 Å². The van der Waals surface area contributed by atoms with Crippen molar-refractivity contribution in [2.45, 2.75) is 32.7 Å². The van der Waals surface area contributed by atoms with Gasteiger partial charge in [0.1, 0.15) is 17.2 Å². The number of nitrogens with zero attached hydrogens (tertiary/aromatic N) is 2. The number of ether oxygens (including phenoxy) is 1. The third-order valence-corrected chi connectivity index (χ3v) is 4.90. The minimum Gasteiger partial charge on any atom is -0.494 e. The first kappa shape index (κ1) is 19.7. The number of aryl methyl sites for hydroxylation is 2. The fourth-order valence-corrected chi connectivity index (χ4v) is 3.47. The molecule has 3 rings (SSSR count). The molecule has 1 amide bonds. The van der Waals surface area contributed by atoms with Gasteiger partial charge in [-0.05, 0) is 32.8 Å². The fourth-order valence-electron chi connectivity index (χ4n) is 3.47. The number of benzene rings is 1. The number of hydrogen-bond acceptors (Lipinski definition) is 6. The summed E-state index contributed by atoms with van der Waals surface area (Å²) < 4.78 is 24.2. The normalized spacial score (nSPS) is 14.8. The number of nitro benzene ring substituents is 1. The van der Waals surface area contributed by atoms with E-state index in [1.165, 1.54) is 13.2 Å². The summed E-state index contributed by atoms with van der Waals surface area (Å²) in [5.41, 5.74) is 0.526. The first-order valence-corrected chi connectivity index (χ1v) is 8.95. The zero-order chi connectivity index (χ0) is 20.4. The highest BCUT2D eigenvalue weighted by atomic mass is 19.1. The van der Waals surface area contributed by atoms with E-state index >= 15 is 0 Å². The molecule has 1 saturated heterocycles. The van der Waals surface area contributed by atoms with Gasteiger partial charge in [-0.15, -0.1) is 0 Å². The maximum atomic E-state index is 13.9. The van der Waals surface area contributed by atoms with Gasteiger partial charge in [-0.1, -0.05) is 0 Å². The van der Waals surface area contributed by atoms with Crippen molar-refractivity contribution in [3.63, 3.8) is 0 Å². The lowest BCUT2D eigenvalue weighted by Crippen LogP contribution is -2.45. The molecule has 1 aliphatic heterocycles. The van der Waals surface area contributed by atoms with Crippen molar-refractivity contribution < 1.29 is 23.3 Å². The Balaban J connectivity index is 1.69. The maximum Gasteiger partial charge on any atom is 0.295 e. The van der Waals surface area contributed by atoms with E-state index in [0.29, 0.717) is 48.7 Å². The molecule has 1 fully saturated rings. The minimum atomic E-state index is -0.772. The van der Waals surface area contributed by atoms with Gasteiger partial charge in [0.25, 0.3) is 11.6 Å². The van der Waals surface area contributed by atoms with Crippen LogP contribution in [0.1, 0.15) is 34.7 Å². The lowest BCUT2D eigenvalue weighted by Gasteiger charge is -2.33. The summed E-state index contributed by atoms with van der Waals surface area (Å²) in [6.07, 6.45) is 1.22. The predicted molar refractivity (Wildman–Crippen MR) is 100 cm³/mol. The molecule has 2 aromatic rings. The molecular weight excluding hydrogens is 369 g/mol. The number of furan rings is 1. The van der Waals surface area contributed by atoms with Crippen LogP contribution < -0.4 is 15.0 Å². The molecule has 2 heterocycles. The molecule has 1 N–H and O–H groups in total. The van der Waals surface area contributed by atoms with Crippen molar-refractivity contribution in [1.82, 2.24) is 5.32 Å². The second-order valence-electron chi connectivity index (χ2n) is 6.79. The van der Waals surface area contributed by atoms with Gasteiger partial charge < -0.3 is 19.4 Å². The number of carbonyl (C=O) groups is 1. The van der Waals surface area contributed by atoms with E-state index < -0.39 is 10.7 Å². The Kier molecular flexibility index (Phi) is 5.53. The van der Waals surface area contributed by atoms with Gasteiger partial charge in [0.05, 0.1) is 23.7 Å². The molecule has 0 radical (unpaired) electrons. The van der Waals surface area contributed by atoms with Crippen molar-refractivity contribution in [3.8, 4) is 5.75 Å². The number of amides is 1. The smallest absolute Gasteiger partial charge is 0.295 e. The van der Waals surface area contributed by atoms with Gasteiger partial charge in [-0.2, -0.15) is 0 Å². The molecule has 0 bridgehead atoms. The Morgan fingerprint density at radius 3 is 2.54 bits per heavy atom. The molecule has 150 valence electrons. The highest BCUT2D eigenvalue weighted by Crippen LogP contribution is 2.35. The maximum absolute atomic E-state index is 13.9. The number of nitrogens with one attached hydrogen (secondary N) is 1. The largest absolute Gasteiger partial charge is 0.494 e. The third-order valence-electron chi connectivity index (χ3n) is 4.90. The third kappa shape index (κ3) is 3.92. The number of anilines is 1. The summed E-state index contributed by atoms with van der Waals surface area (Å²) in [6.45, 7) is 4.51. The summed E-state index contributed by atoms with van der Waals surface area (Å²) in [7, 11) is 1.31. The monoisotopic (exact) mass is 391 g/mol. The molecule has 1 aromatic heterocycles. The van der Waals surface area contributed by atoms with Gasteiger partial charge in [0.15, 0.2) is 11.6 Å². The molecule has 28 heavy (non-hydrogen) atoms. The van der Waals surface area contributed by atoms with Crippen LogP contribution in [0.2, 0.25) is 0 Å². The quantitative estimate of drug-likeness (QED) is 0.620. The van der Waals surface area contributed by atoms with Gasteiger partial charge in [0, 0.05) is 25.2 Å². The predicted octanol–water partition coefficient (Wildman–Crippen LogP) is 3.35. The van der Waals surface area contributed by atoms with Gasteiger partial charge >= 0.3 is 0 Å². The number of methoxy groups -OCH3 is 1. The molecule has 0 unspecified atom stereocenters. The number of carbonyl (C=O) groups excluding carboxylic acids is 1. The Labute approximate surface area is 161 Å². The van der Waals surface area contributed by atoms with E-state index in [1.807, 2.05) is 4.90 Å². The Morgan fingerprint density at radius 2 is 2.00 bits per heavy atom. The van der Waals surface area contributed by atoms with Crippen molar-refractivity contribution in [1.29, 1.82) is 0 Å². The molecule has 0 atom stereocenters. The summed E-state index contributed by atoms with van der Waals surface area (Å²) in [5, 5.41) is 14.3. The van der Waals surface area contributed by atoms with Crippen LogP contribution in [-0.4, -0.2) is 37.1 Å². The molecular formula is C19H22FN3O5. The molecule has 0 saturated carbocycles. The van der Waals surface area contributed by atoms with Crippen molar-refractivity contribution in [2.75, 3.05) is 25.1 Å². The highest BCUT2D eigenvalue weighted by molar-refractivity contribution is 5.95. The van der Waals surface area contributed by atoms with Crippen LogP contribution in [0.4, 0.5) is 15.8 Å². The number of piperidine rings is 1. The van der Waals surface area contributed by atoms with E-state index in [1.54, 1.807) is 19.9 Å². The summed E-state index contributed by atoms with van der Waals surface area (Å²) in [4.78, 5) is 25.0. The first-order valence-electron chi connectivity index (χ1n) is 8.95. The lowest BCUT2D eigenvalue weighted by molar-refractivity contribution is -0.384. The number of halogens is 1. The number of rotatable bonds is 5. The average Bonchev–Trinajstić information content (AvgIpc) is 3.00. The standard InChI is InChI=1S/C19H22FN3O5/c1-11-8-14(12(2)28-11)19(24)21-13-4-6-22(7-5-13)16-10-18(27-3)15(20)9-17(16)23(25)26/h8-10,13H,4-7H2,1-3H3,(H,21,24). The van der Waals surface area contributed by atoms with Crippen molar-refractivity contribution in [2.24, 2.45) is 0 Å². The van der Waals surface area contributed by atoms with E-state index in [0.717, 1.165) is 6.07 Å². The van der Waals surface area contributed by atoms with E-state index in [2.05, 4.69) is 5.32 Å². The topological polar surface area (TPSA) is 97.8 Å². The van der Waals surface area contributed by atoms with Crippen LogP contribution in [0.5, 0.6) is 5.75 Å². The van der Waals surface area contributed by atoms with Crippen LogP contribution in [0.25, 0.3) is 0 Å². The lowest BCUT2D eigenvalue weighted by atomic mass is 10.0. The van der Waals surface area contributed by atoms with Crippen molar-refractivity contribution >= 4 is 17.3 Å². The summed E-state index contributed by atoms with van der Waals surface area (Å²) >= 11 is 0. The Morgan fingerprint density at radius 1 is 1.32 bits per heavy atom. The highest BCUT2D eigenvalue weighted by Gasteiger charge is 2.28. The average molecular weight is 391 g/mol. The fraction of sp³-hybridized carbons (Fsp3) is 0.421. The van der Waals surface area contributed by atoms with Crippen LogP contribution >= 0.6 is 0 Å². The second kappa shape index (κ2) is 7.87. The molecule has 1 aromatic carbocycles. The van der Waals surface area contributed by atoms with Crippen LogP contribution in [0.15, 0.2) is 22.6 Å². The number of hydrogen-bond donors (Lipinski definition) is 1. The summed E-state index contributed by atoms with van der Waals surface area (Å²) in [5.74, 6) is 0.242. The van der Waals surface area contributed by atoms with Crippen LogP contribution in [-0.2, 0) is 0 Å². The molecule has 0 spiro atoms. The minimum absolute atomic E-state index is 0.0400. The molecule has 9 heteroatoms. The van der Waals surface area contributed by atoms with Gasteiger partial charge in [0.2, 0.25) is 0 Å². The van der Waals surface area contributed by atoms with Crippen LogP contribution in [0, 0.1) is 29.8 Å². The molecule has 8 nitrogen and oxygen atoms in total. The summed E-state index contributed by atoms with van der Waals surface area (Å²) in [6, 6.07) is 3.88. The SMILES string of the molecule is COc1cc(N2CCC(NC(=O)c3cc(C)oc3C)CC2)c([N+](=O)[O-])cc1F. The molecule has 1 aliphatic rings. The van der Waals surface area contributed by atoms with Gasteiger partial charge in [-0.25, -0.2) is 4.39 Å². The zero-order valence-electron chi connectivity index (χ0n) is 16.0. The van der Waals surface area contributed by atoms with Crippen molar-refractivity contribution in [3.05, 3.63) is 51.2 Å². The van der Waals surface area contributed by atoms with Gasteiger partial charge in [-0.3, -0.25) is 14.9 Å². The van der Waals surface area contributed by atoms with E-state index in [9.17, 15) is 19.3 Å². The van der Waals surface area contributed by atoms with E-state index in [-0.39, 0.29) is 23.4 Å². The second-order valence-corrected chi connectivity index (χ2v) is 6.79. The first-order chi connectivity index (χ1) is 13.3. The zero-order valence-corrected chi connectivity index (χ0v) is 16.0. The Bertz CT molecular complexity index is 903. The Hall–Kier alpha value is -3.10. The number of nitro groups is 1. The molecule has 0 aliphatic carbocycles. The van der Waals surface area contributed by atoms with E-state index in [4.69, 9.17) is 9.15 Å².